The lowest BCUT2D eigenvalue weighted by molar-refractivity contribution is -0.128. The highest BCUT2D eigenvalue weighted by Gasteiger charge is 2.39. The van der Waals surface area contributed by atoms with Crippen LogP contribution in [-0.2, 0) is 4.79 Å². The van der Waals surface area contributed by atoms with Crippen LogP contribution in [-0.4, -0.2) is 35.3 Å². The number of nitrogen functional groups attached to an aromatic ring is 1. The molecule has 2 amide bonds. The molecule has 3 rings (SSSR count). The summed E-state index contributed by atoms with van der Waals surface area (Å²) in [6.45, 7) is 0.636. The minimum atomic E-state index is -0.164. The van der Waals surface area contributed by atoms with Crippen LogP contribution in [0.4, 0.5) is 5.69 Å². The summed E-state index contributed by atoms with van der Waals surface area (Å²) in [6, 6.07) is 7.20. The van der Waals surface area contributed by atoms with Crippen molar-refractivity contribution in [1.29, 1.82) is 0 Å². The number of carbonyl (C=O) groups is 2. The molecule has 0 bridgehead atoms. The number of halogens is 1. The quantitative estimate of drug-likeness (QED) is 0.822. The van der Waals surface area contributed by atoms with E-state index < -0.39 is 0 Å². The molecule has 5 nitrogen and oxygen atoms in total. The number of anilines is 1. The molecule has 1 aliphatic heterocycles. The molecule has 1 aliphatic carbocycles. The molecule has 108 valence electrons. The van der Waals surface area contributed by atoms with Crippen LogP contribution in [0, 0.1) is 0 Å². The summed E-state index contributed by atoms with van der Waals surface area (Å²) in [6.07, 6.45) is 2.60. The van der Waals surface area contributed by atoms with Crippen LogP contribution in [0.25, 0.3) is 0 Å². The fraction of sp³-hybridized carbons (Fsp3) is 0.429. The average molecular weight is 296 g/mol. The van der Waals surface area contributed by atoms with Gasteiger partial charge in [0.2, 0.25) is 5.91 Å². The van der Waals surface area contributed by atoms with Gasteiger partial charge in [0.15, 0.2) is 0 Å². The predicted octanol–water partition coefficient (Wildman–Crippen LogP) is 1.18. The van der Waals surface area contributed by atoms with Gasteiger partial charge in [0.05, 0.1) is 6.04 Å². The normalized spacial score (nSPS) is 21.5. The van der Waals surface area contributed by atoms with Gasteiger partial charge in [-0.3, -0.25) is 9.59 Å². The van der Waals surface area contributed by atoms with Gasteiger partial charge in [0.25, 0.3) is 5.91 Å². The highest BCUT2D eigenvalue weighted by atomic mass is 35.5. The van der Waals surface area contributed by atoms with Gasteiger partial charge < -0.3 is 16.0 Å². The SMILES string of the molecule is Cl.Nc1cccc(C(=O)NC2CC(=O)N(C3CC3)C2)c1. The number of benzene rings is 1. The van der Waals surface area contributed by atoms with E-state index in [4.69, 9.17) is 5.73 Å². The second kappa shape index (κ2) is 5.71. The molecular formula is C14H18ClN3O2. The van der Waals surface area contributed by atoms with Gasteiger partial charge in [0, 0.05) is 30.3 Å². The second-order valence-corrected chi connectivity index (χ2v) is 5.28. The van der Waals surface area contributed by atoms with Crippen LogP contribution < -0.4 is 11.1 Å². The number of rotatable bonds is 3. The van der Waals surface area contributed by atoms with Crippen LogP contribution in [0.15, 0.2) is 24.3 Å². The molecule has 1 heterocycles. The first-order chi connectivity index (χ1) is 9.13. The van der Waals surface area contributed by atoms with Crippen molar-refractivity contribution in [1.82, 2.24) is 10.2 Å². The fourth-order valence-corrected chi connectivity index (χ4v) is 2.52. The van der Waals surface area contributed by atoms with Gasteiger partial charge in [-0.1, -0.05) is 6.07 Å². The molecule has 2 fully saturated rings. The van der Waals surface area contributed by atoms with Crippen LogP contribution in [0.3, 0.4) is 0 Å². The highest BCUT2D eigenvalue weighted by molar-refractivity contribution is 5.95. The molecule has 1 atom stereocenters. The number of nitrogens with one attached hydrogen (secondary N) is 1. The Morgan fingerprint density at radius 2 is 2.10 bits per heavy atom. The first kappa shape index (κ1) is 14.7. The van der Waals surface area contributed by atoms with Crippen molar-refractivity contribution >= 4 is 29.9 Å². The Morgan fingerprint density at radius 3 is 2.75 bits per heavy atom. The average Bonchev–Trinajstić information content (AvgIpc) is 3.14. The third kappa shape index (κ3) is 3.04. The van der Waals surface area contributed by atoms with Crippen LogP contribution in [0.1, 0.15) is 29.6 Å². The van der Waals surface area contributed by atoms with Gasteiger partial charge in [-0.05, 0) is 31.0 Å². The Hall–Kier alpha value is -1.75. The Labute approximate surface area is 123 Å². The number of nitrogens with two attached hydrogens (primary N) is 1. The first-order valence-corrected chi connectivity index (χ1v) is 6.59. The molecule has 1 unspecified atom stereocenters. The molecule has 1 aromatic rings. The predicted molar refractivity (Wildman–Crippen MR) is 78.7 cm³/mol. The molecule has 1 aromatic carbocycles. The van der Waals surface area contributed by atoms with Crippen LogP contribution >= 0.6 is 12.4 Å². The summed E-state index contributed by atoms with van der Waals surface area (Å²) in [5.74, 6) is -0.0110. The molecule has 20 heavy (non-hydrogen) atoms. The third-order valence-electron chi connectivity index (χ3n) is 3.63. The zero-order valence-corrected chi connectivity index (χ0v) is 11.9. The number of amides is 2. The molecule has 0 spiro atoms. The molecule has 0 aromatic heterocycles. The number of carbonyl (C=O) groups excluding carboxylic acids is 2. The Kier molecular flexibility index (Phi) is 4.18. The molecule has 0 radical (unpaired) electrons. The van der Waals surface area contributed by atoms with Crippen molar-refractivity contribution in [3.05, 3.63) is 29.8 Å². The number of hydrogen-bond acceptors (Lipinski definition) is 3. The number of hydrogen-bond donors (Lipinski definition) is 2. The first-order valence-electron chi connectivity index (χ1n) is 6.59. The Morgan fingerprint density at radius 1 is 1.35 bits per heavy atom. The summed E-state index contributed by atoms with van der Waals surface area (Å²) in [5.41, 5.74) is 6.76. The monoisotopic (exact) mass is 295 g/mol. The Balaban J connectivity index is 0.00000147. The topological polar surface area (TPSA) is 75.4 Å². The van der Waals surface area contributed by atoms with E-state index in [1.165, 1.54) is 0 Å². The molecule has 6 heteroatoms. The Bertz CT molecular complexity index is 531. The second-order valence-electron chi connectivity index (χ2n) is 5.28. The maximum absolute atomic E-state index is 12.1. The standard InChI is InChI=1S/C14H17N3O2.ClH/c15-10-3-1-2-9(6-10)14(19)16-11-7-13(18)17(8-11)12-4-5-12;/h1-3,6,11-12H,4-5,7-8,15H2,(H,16,19);1H. The summed E-state index contributed by atoms with van der Waals surface area (Å²) in [4.78, 5) is 25.7. The zero-order chi connectivity index (χ0) is 13.4. The van der Waals surface area contributed by atoms with E-state index in [2.05, 4.69) is 5.32 Å². The number of likely N-dealkylation sites (tertiary alicyclic amines) is 1. The summed E-state index contributed by atoms with van der Waals surface area (Å²) in [5, 5.41) is 2.91. The maximum Gasteiger partial charge on any atom is 0.251 e. The van der Waals surface area contributed by atoms with Crippen molar-refractivity contribution < 1.29 is 9.59 Å². The molecular weight excluding hydrogens is 278 g/mol. The summed E-state index contributed by atoms with van der Waals surface area (Å²) < 4.78 is 0. The molecule has 3 N–H and O–H groups in total. The van der Waals surface area contributed by atoms with Crippen molar-refractivity contribution in [3.8, 4) is 0 Å². The van der Waals surface area contributed by atoms with Gasteiger partial charge >= 0.3 is 0 Å². The molecule has 1 saturated carbocycles. The van der Waals surface area contributed by atoms with E-state index in [0.29, 0.717) is 30.3 Å². The van der Waals surface area contributed by atoms with Crippen molar-refractivity contribution in [3.63, 3.8) is 0 Å². The van der Waals surface area contributed by atoms with Crippen molar-refractivity contribution in [2.45, 2.75) is 31.3 Å². The summed E-state index contributed by atoms with van der Waals surface area (Å²) in [7, 11) is 0. The molecule has 1 saturated heterocycles. The third-order valence-corrected chi connectivity index (χ3v) is 3.63. The van der Waals surface area contributed by atoms with Crippen LogP contribution in [0.5, 0.6) is 0 Å². The maximum atomic E-state index is 12.1. The van der Waals surface area contributed by atoms with E-state index >= 15 is 0 Å². The largest absolute Gasteiger partial charge is 0.399 e. The van der Waals surface area contributed by atoms with E-state index in [9.17, 15) is 9.59 Å². The minimum Gasteiger partial charge on any atom is -0.399 e. The summed E-state index contributed by atoms with van der Waals surface area (Å²) >= 11 is 0. The van der Waals surface area contributed by atoms with Gasteiger partial charge in [-0.2, -0.15) is 0 Å². The van der Waals surface area contributed by atoms with Gasteiger partial charge in [0.1, 0.15) is 0 Å². The van der Waals surface area contributed by atoms with E-state index in [-0.39, 0.29) is 30.3 Å². The molecule has 2 aliphatic rings. The van der Waals surface area contributed by atoms with Gasteiger partial charge in [-0.15, -0.1) is 12.4 Å². The lowest BCUT2D eigenvalue weighted by Gasteiger charge is -2.16. The van der Waals surface area contributed by atoms with Gasteiger partial charge in [-0.25, -0.2) is 0 Å². The highest BCUT2D eigenvalue weighted by Crippen LogP contribution is 2.30. The lowest BCUT2D eigenvalue weighted by atomic mass is 10.1. The van der Waals surface area contributed by atoms with Crippen molar-refractivity contribution in [2.75, 3.05) is 12.3 Å². The van der Waals surface area contributed by atoms with E-state index in [0.717, 1.165) is 12.8 Å². The van der Waals surface area contributed by atoms with Crippen molar-refractivity contribution in [2.24, 2.45) is 0 Å². The van der Waals surface area contributed by atoms with E-state index in [1.54, 1.807) is 24.3 Å². The lowest BCUT2D eigenvalue weighted by Crippen LogP contribution is -2.37. The fourth-order valence-electron chi connectivity index (χ4n) is 2.52. The van der Waals surface area contributed by atoms with E-state index in [1.807, 2.05) is 4.90 Å². The smallest absolute Gasteiger partial charge is 0.251 e. The minimum absolute atomic E-state index is 0. The van der Waals surface area contributed by atoms with Crippen LogP contribution in [0.2, 0.25) is 0 Å². The zero-order valence-electron chi connectivity index (χ0n) is 11.0. The number of nitrogens with zero attached hydrogens (tertiary/aromatic N) is 1.